The Morgan fingerprint density at radius 1 is 1.53 bits per heavy atom. The summed E-state index contributed by atoms with van der Waals surface area (Å²) in [6.45, 7) is 3.43. The van der Waals surface area contributed by atoms with Gasteiger partial charge in [0.1, 0.15) is 6.33 Å². The number of halogens is 1. The van der Waals surface area contributed by atoms with Gasteiger partial charge in [0.25, 0.3) is 0 Å². The molecule has 0 aliphatic carbocycles. The van der Waals surface area contributed by atoms with Crippen LogP contribution in [0, 0.1) is 0 Å². The molecule has 0 aliphatic rings. The van der Waals surface area contributed by atoms with E-state index in [4.69, 9.17) is 0 Å². The summed E-state index contributed by atoms with van der Waals surface area (Å²) in [5.74, 6) is 0. The number of hydrogen-bond acceptors (Lipinski definition) is 3. The molecule has 1 unspecified atom stereocenters. The highest BCUT2D eigenvalue weighted by molar-refractivity contribution is 7.10. The fraction of sp³-hybridized carbons (Fsp3) is 0.0909. The molecule has 0 saturated heterocycles. The highest BCUT2D eigenvalue weighted by atomic mass is 32.1. The molecular formula is C11H9FN2S. The topological polar surface area (TPSA) is 25.8 Å². The lowest BCUT2D eigenvalue weighted by Crippen LogP contribution is -1.82. The summed E-state index contributed by atoms with van der Waals surface area (Å²) in [6.07, 6.45) is 3.34. The molecule has 0 N–H and O–H groups in total. The zero-order valence-electron chi connectivity index (χ0n) is 7.93. The van der Waals surface area contributed by atoms with Crippen molar-refractivity contribution < 1.29 is 4.39 Å². The molecule has 0 saturated carbocycles. The number of thiophene rings is 1. The molecule has 0 spiro atoms. The molecule has 2 aromatic heterocycles. The first kappa shape index (κ1) is 9.98. The fourth-order valence-corrected chi connectivity index (χ4v) is 2.08. The Bertz CT molecular complexity index is 453. The van der Waals surface area contributed by atoms with E-state index < -0.39 is 6.17 Å². The van der Waals surface area contributed by atoms with Crippen molar-refractivity contribution in [1.82, 2.24) is 9.97 Å². The van der Waals surface area contributed by atoms with Crippen LogP contribution >= 0.6 is 11.3 Å². The number of alkyl halides is 1. The Labute approximate surface area is 91.1 Å². The zero-order chi connectivity index (χ0) is 10.7. The second-order valence-corrected chi connectivity index (χ2v) is 3.91. The molecule has 76 valence electrons. The average Bonchev–Trinajstić information content (AvgIpc) is 2.78. The highest BCUT2D eigenvalue weighted by Gasteiger charge is 2.09. The van der Waals surface area contributed by atoms with E-state index in [0.717, 1.165) is 11.3 Å². The summed E-state index contributed by atoms with van der Waals surface area (Å²) in [7, 11) is 0. The smallest absolute Gasteiger partial charge is 0.152 e. The molecular weight excluding hydrogens is 211 g/mol. The normalized spacial score (nSPS) is 12.3. The minimum Gasteiger partial charge on any atom is -0.245 e. The second-order valence-electron chi connectivity index (χ2n) is 2.97. The first-order valence-electron chi connectivity index (χ1n) is 4.42. The highest BCUT2D eigenvalue weighted by Crippen LogP contribution is 2.30. The summed E-state index contributed by atoms with van der Waals surface area (Å²) in [5, 5.41) is 1.88. The van der Waals surface area contributed by atoms with Gasteiger partial charge in [0.2, 0.25) is 0 Å². The molecule has 2 rings (SSSR count). The lowest BCUT2D eigenvalue weighted by Gasteiger charge is -1.96. The van der Waals surface area contributed by atoms with Crippen LogP contribution in [0.25, 0.3) is 11.3 Å². The van der Waals surface area contributed by atoms with Crippen molar-refractivity contribution in [1.29, 1.82) is 0 Å². The van der Waals surface area contributed by atoms with Gasteiger partial charge in [-0.1, -0.05) is 12.7 Å². The Balaban J connectivity index is 2.32. The van der Waals surface area contributed by atoms with Crippen molar-refractivity contribution in [2.45, 2.75) is 6.17 Å². The number of rotatable bonds is 3. The van der Waals surface area contributed by atoms with Crippen LogP contribution in [0.2, 0.25) is 0 Å². The van der Waals surface area contributed by atoms with E-state index >= 15 is 0 Å². The standard InChI is InChI=1S/C11H9FN2S/c1-2-9(12)11-5-8(6-15-11)10-3-4-13-7-14-10/h2-7,9H,1H2. The maximum absolute atomic E-state index is 13.3. The van der Waals surface area contributed by atoms with Gasteiger partial charge in [-0.05, 0) is 12.1 Å². The Morgan fingerprint density at radius 3 is 3.07 bits per heavy atom. The summed E-state index contributed by atoms with van der Waals surface area (Å²) in [5.41, 5.74) is 1.73. The van der Waals surface area contributed by atoms with Gasteiger partial charge < -0.3 is 0 Å². The van der Waals surface area contributed by atoms with Crippen LogP contribution in [0.5, 0.6) is 0 Å². The van der Waals surface area contributed by atoms with Crippen molar-refractivity contribution in [3.05, 3.63) is 47.6 Å². The minimum atomic E-state index is -1.09. The van der Waals surface area contributed by atoms with Crippen LogP contribution in [0.1, 0.15) is 11.0 Å². The molecule has 0 aliphatic heterocycles. The molecule has 4 heteroatoms. The maximum Gasteiger partial charge on any atom is 0.152 e. The Morgan fingerprint density at radius 2 is 2.40 bits per heavy atom. The maximum atomic E-state index is 13.3. The van der Waals surface area contributed by atoms with Crippen LogP contribution in [-0.2, 0) is 0 Å². The lowest BCUT2D eigenvalue weighted by atomic mass is 10.2. The zero-order valence-corrected chi connectivity index (χ0v) is 8.75. The fourth-order valence-electron chi connectivity index (χ4n) is 1.21. The van der Waals surface area contributed by atoms with E-state index in [2.05, 4.69) is 16.5 Å². The SMILES string of the molecule is C=CC(F)c1cc(-c2ccncn2)cs1. The summed E-state index contributed by atoms with van der Waals surface area (Å²) < 4.78 is 13.3. The van der Waals surface area contributed by atoms with E-state index in [-0.39, 0.29) is 0 Å². The predicted molar refractivity (Wildman–Crippen MR) is 59.4 cm³/mol. The molecule has 0 bridgehead atoms. The quantitative estimate of drug-likeness (QED) is 0.741. The van der Waals surface area contributed by atoms with Crippen LogP contribution < -0.4 is 0 Å². The monoisotopic (exact) mass is 220 g/mol. The predicted octanol–water partition coefficient (Wildman–Crippen LogP) is 3.40. The molecule has 2 nitrogen and oxygen atoms in total. The number of aromatic nitrogens is 2. The van der Waals surface area contributed by atoms with Crippen molar-refractivity contribution in [3.63, 3.8) is 0 Å². The van der Waals surface area contributed by atoms with Gasteiger partial charge in [-0.25, -0.2) is 14.4 Å². The van der Waals surface area contributed by atoms with Gasteiger partial charge in [0, 0.05) is 22.0 Å². The molecule has 2 heterocycles. The first-order chi connectivity index (χ1) is 7.31. The van der Waals surface area contributed by atoms with E-state index in [1.165, 1.54) is 23.7 Å². The van der Waals surface area contributed by atoms with E-state index in [0.29, 0.717) is 4.88 Å². The van der Waals surface area contributed by atoms with Crippen molar-refractivity contribution in [3.8, 4) is 11.3 Å². The second kappa shape index (κ2) is 4.31. The molecule has 0 aromatic carbocycles. The molecule has 15 heavy (non-hydrogen) atoms. The summed E-state index contributed by atoms with van der Waals surface area (Å²) >= 11 is 1.37. The molecule has 0 fully saturated rings. The summed E-state index contributed by atoms with van der Waals surface area (Å²) in [6, 6.07) is 3.59. The third-order valence-corrected chi connectivity index (χ3v) is 2.96. The van der Waals surface area contributed by atoms with Crippen LogP contribution in [0.4, 0.5) is 4.39 Å². The van der Waals surface area contributed by atoms with Crippen LogP contribution in [0.3, 0.4) is 0 Å². The van der Waals surface area contributed by atoms with E-state index in [9.17, 15) is 4.39 Å². The minimum absolute atomic E-state index is 0.651. The van der Waals surface area contributed by atoms with Crippen molar-refractivity contribution >= 4 is 11.3 Å². The Hall–Kier alpha value is -1.55. The molecule has 2 aromatic rings. The van der Waals surface area contributed by atoms with Crippen molar-refractivity contribution in [2.24, 2.45) is 0 Å². The summed E-state index contributed by atoms with van der Waals surface area (Å²) in [4.78, 5) is 8.58. The number of nitrogens with zero attached hydrogens (tertiary/aromatic N) is 2. The van der Waals surface area contributed by atoms with Gasteiger partial charge in [-0.15, -0.1) is 11.3 Å². The van der Waals surface area contributed by atoms with Gasteiger partial charge in [0.15, 0.2) is 6.17 Å². The Kier molecular flexibility index (Phi) is 2.87. The number of allylic oxidation sites excluding steroid dienone is 1. The van der Waals surface area contributed by atoms with Crippen LogP contribution in [0.15, 0.2) is 42.7 Å². The first-order valence-corrected chi connectivity index (χ1v) is 5.30. The van der Waals surface area contributed by atoms with E-state index in [1.54, 1.807) is 18.3 Å². The van der Waals surface area contributed by atoms with Gasteiger partial charge in [-0.3, -0.25) is 0 Å². The van der Waals surface area contributed by atoms with Gasteiger partial charge in [0.05, 0.1) is 5.69 Å². The lowest BCUT2D eigenvalue weighted by molar-refractivity contribution is 0.421. The van der Waals surface area contributed by atoms with Crippen molar-refractivity contribution in [2.75, 3.05) is 0 Å². The van der Waals surface area contributed by atoms with Crippen LogP contribution in [-0.4, -0.2) is 9.97 Å². The third kappa shape index (κ3) is 2.10. The molecule has 0 amide bonds. The number of hydrogen-bond donors (Lipinski definition) is 0. The van der Waals surface area contributed by atoms with E-state index in [1.807, 2.05) is 5.38 Å². The third-order valence-electron chi connectivity index (χ3n) is 1.98. The molecule has 1 atom stereocenters. The average molecular weight is 220 g/mol. The van der Waals surface area contributed by atoms with Gasteiger partial charge in [-0.2, -0.15) is 0 Å². The van der Waals surface area contributed by atoms with Gasteiger partial charge >= 0.3 is 0 Å². The largest absolute Gasteiger partial charge is 0.245 e. The molecule has 0 radical (unpaired) electrons.